The van der Waals surface area contributed by atoms with Crippen molar-refractivity contribution in [2.45, 2.75) is 50.3 Å². The van der Waals surface area contributed by atoms with Crippen LogP contribution in [0.5, 0.6) is 0 Å². The first-order chi connectivity index (χ1) is 9.78. The predicted molar refractivity (Wildman–Crippen MR) is 80.3 cm³/mol. The number of hydrogen-bond donors (Lipinski definition) is 1. The molecule has 0 heterocycles. The molecule has 1 atom stereocenters. The van der Waals surface area contributed by atoms with Gasteiger partial charge in [0.25, 0.3) is 0 Å². The molecule has 0 fully saturated rings. The molecule has 1 aromatic carbocycles. The number of likely N-dealkylation sites (N-methyl/N-ethyl adjacent to an activating group) is 1. The molecule has 21 heavy (non-hydrogen) atoms. The van der Waals surface area contributed by atoms with E-state index in [-0.39, 0.29) is 10.9 Å². The highest BCUT2D eigenvalue weighted by atomic mass is 32.2. The molecule has 0 spiro atoms. The van der Waals surface area contributed by atoms with Crippen LogP contribution in [-0.2, 0) is 16.3 Å². The minimum Gasteiger partial charge on any atom is -0.314 e. The lowest BCUT2D eigenvalue weighted by molar-refractivity contribution is 0.234. The average Bonchev–Trinajstić information content (AvgIpc) is 2.38. The van der Waals surface area contributed by atoms with Crippen molar-refractivity contribution in [2.75, 3.05) is 6.54 Å². The van der Waals surface area contributed by atoms with E-state index in [2.05, 4.69) is 19.2 Å². The molecule has 0 saturated heterocycles. The fourth-order valence-corrected chi connectivity index (χ4v) is 3.39. The van der Waals surface area contributed by atoms with Gasteiger partial charge in [0.1, 0.15) is 0 Å². The van der Waals surface area contributed by atoms with Gasteiger partial charge in [-0.05, 0) is 36.9 Å². The van der Waals surface area contributed by atoms with Gasteiger partial charge >= 0.3 is 5.76 Å². The topological polar surface area (TPSA) is 46.2 Å². The molecule has 0 aromatic heterocycles. The van der Waals surface area contributed by atoms with Crippen LogP contribution in [0.25, 0.3) is 0 Å². The summed E-state index contributed by atoms with van der Waals surface area (Å²) in [6, 6.07) is 6.10. The highest BCUT2D eigenvalue weighted by Gasteiger charge is 2.29. The Morgan fingerprint density at radius 2 is 1.81 bits per heavy atom. The number of benzene rings is 1. The Labute approximate surface area is 125 Å². The molecule has 3 nitrogen and oxygen atoms in total. The normalized spacial score (nSPS) is 13.9. The van der Waals surface area contributed by atoms with E-state index in [9.17, 15) is 17.2 Å². The van der Waals surface area contributed by atoms with Crippen LogP contribution in [-0.4, -0.2) is 26.8 Å². The monoisotopic (exact) mass is 319 g/mol. The third-order valence-corrected chi connectivity index (χ3v) is 4.71. The second kappa shape index (κ2) is 7.84. The Kier molecular flexibility index (Phi) is 6.74. The lowest BCUT2D eigenvalue weighted by Gasteiger charge is -2.21. The number of halogens is 2. The first kappa shape index (κ1) is 18.0. The fraction of sp³-hybridized carbons (Fsp3) is 0.600. The van der Waals surface area contributed by atoms with Crippen LogP contribution in [0.1, 0.15) is 32.8 Å². The van der Waals surface area contributed by atoms with Gasteiger partial charge in [-0.3, -0.25) is 0 Å². The van der Waals surface area contributed by atoms with E-state index in [1.807, 2.05) is 6.92 Å². The maximum absolute atomic E-state index is 12.8. The summed E-state index contributed by atoms with van der Waals surface area (Å²) in [5.74, 6) is -2.95. The minimum atomic E-state index is -4.56. The first-order valence-electron chi connectivity index (χ1n) is 7.12. The smallest absolute Gasteiger partial charge is 0.314 e. The molecule has 1 unspecified atom stereocenters. The van der Waals surface area contributed by atoms with E-state index in [4.69, 9.17) is 0 Å². The Bertz CT molecular complexity index is 544. The summed E-state index contributed by atoms with van der Waals surface area (Å²) in [7, 11) is -4.56. The maximum Gasteiger partial charge on any atom is 0.341 e. The number of nitrogens with one attached hydrogen (secondary N) is 1. The molecule has 1 N–H and O–H groups in total. The van der Waals surface area contributed by atoms with E-state index in [1.165, 1.54) is 12.1 Å². The SMILES string of the molecule is CCNC(Cc1ccccc1S(=O)(=O)C(F)F)CC(C)C. The van der Waals surface area contributed by atoms with Crippen molar-refractivity contribution < 1.29 is 17.2 Å². The minimum absolute atomic E-state index is 0.0732. The quantitative estimate of drug-likeness (QED) is 0.800. The van der Waals surface area contributed by atoms with Crippen LogP contribution in [0.15, 0.2) is 29.2 Å². The van der Waals surface area contributed by atoms with Crippen molar-refractivity contribution >= 4 is 9.84 Å². The van der Waals surface area contributed by atoms with Gasteiger partial charge in [0.2, 0.25) is 9.84 Å². The van der Waals surface area contributed by atoms with Crippen LogP contribution in [0.2, 0.25) is 0 Å². The highest BCUT2D eigenvalue weighted by molar-refractivity contribution is 7.91. The highest BCUT2D eigenvalue weighted by Crippen LogP contribution is 2.24. The molecule has 0 aliphatic carbocycles. The van der Waals surface area contributed by atoms with Crippen molar-refractivity contribution in [1.29, 1.82) is 0 Å². The standard InChI is InChI=1S/C15H23F2NO2S/c1-4-18-13(9-11(2)3)10-12-7-5-6-8-14(12)21(19,20)15(16)17/h5-8,11,13,15,18H,4,9-10H2,1-3H3. The summed E-state index contributed by atoms with van der Waals surface area (Å²) in [5.41, 5.74) is 0.449. The van der Waals surface area contributed by atoms with Gasteiger partial charge in [0.05, 0.1) is 4.90 Å². The molecule has 120 valence electrons. The third kappa shape index (κ3) is 5.04. The largest absolute Gasteiger partial charge is 0.341 e. The number of rotatable bonds is 8. The van der Waals surface area contributed by atoms with Crippen molar-refractivity contribution in [1.82, 2.24) is 5.32 Å². The zero-order chi connectivity index (χ0) is 16.0. The summed E-state index contributed by atoms with van der Waals surface area (Å²) in [4.78, 5) is -0.258. The summed E-state index contributed by atoms with van der Waals surface area (Å²) < 4.78 is 49.0. The van der Waals surface area contributed by atoms with Crippen molar-refractivity contribution in [3.8, 4) is 0 Å². The van der Waals surface area contributed by atoms with Crippen molar-refractivity contribution in [3.05, 3.63) is 29.8 Å². The van der Waals surface area contributed by atoms with Gasteiger partial charge in [-0.15, -0.1) is 0 Å². The Morgan fingerprint density at radius 3 is 2.33 bits per heavy atom. The zero-order valence-electron chi connectivity index (χ0n) is 12.6. The molecule has 0 aliphatic heterocycles. The lowest BCUT2D eigenvalue weighted by Crippen LogP contribution is -2.33. The number of hydrogen-bond acceptors (Lipinski definition) is 3. The fourth-order valence-electron chi connectivity index (χ4n) is 2.41. The Morgan fingerprint density at radius 1 is 1.19 bits per heavy atom. The van der Waals surface area contributed by atoms with Crippen molar-refractivity contribution in [3.63, 3.8) is 0 Å². The van der Waals surface area contributed by atoms with E-state index in [0.717, 1.165) is 13.0 Å². The second-order valence-electron chi connectivity index (χ2n) is 5.50. The molecule has 0 saturated carbocycles. The van der Waals surface area contributed by atoms with Gasteiger partial charge in [0, 0.05) is 6.04 Å². The molecular formula is C15H23F2NO2S. The molecule has 0 amide bonds. The molecule has 1 rings (SSSR count). The van der Waals surface area contributed by atoms with Crippen LogP contribution in [0, 0.1) is 5.92 Å². The molecule has 0 bridgehead atoms. The summed E-state index contributed by atoms with van der Waals surface area (Å²) in [5, 5.41) is 3.29. The summed E-state index contributed by atoms with van der Waals surface area (Å²) >= 11 is 0. The second-order valence-corrected chi connectivity index (χ2v) is 7.39. The third-order valence-electron chi connectivity index (χ3n) is 3.23. The van der Waals surface area contributed by atoms with Gasteiger partial charge < -0.3 is 5.32 Å². The van der Waals surface area contributed by atoms with E-state index in [0.29, 0.717) is 17.9 Å². The van der Waals surface area contributed by atoms with Gasteiger partial charge in [-0.2, -0.15) is 8.78 Å². The lowest BCUT2D eigenvalue weighted by atomic mass is 9.97. The molecule has 0 radical (unpaired) electrons. The van der Waals surface area contributed by atoms with Crippen LogP contribution >= 0.6 is 0 Å². The number of alkyl halides is 2. The van der Waals surface area contributed by atoms with E-state index in [1.54, 1.807) is 12.1 Å². The Hall–Kier alpha value is -1.01. The Balaban J connectivity index is 3.08. The van der Waals surface area contributed by atoms with Gasteiger partial charge in [-0.25, -0.2) is 8.42 Å². The zero-order valence-corrected chi connectivity index (χ0v) is 13.5. The molecule has 0 aliphatic rings. The van der Waals surface area contributed by atoms with Crippen LogP contribution in [0.4, 0.5) is 8.78 Å². The molecule has 6 heteroatoms. The van der Waals surface area contributed by atoms with Crippen LogP contribution in [0.3, 0.4) is 0 Å². The number of sulfone groups is 1. The van der Waals surface area contributed by atoms with Gasteiger partial charge in [0.15, 0.2) is 0 Å². The summed E-state index contributed by atoms with van der Waals surface area (Å²) in [6.45, 7) is 6.87. The van der Waals surface area contributed by atoms with Gasteiger partial charge in [-0.1, -0.05) is 39.0 Å². The molecule has 1 aromatic rings. The summed E-state index contributed by atoms with van der Waals surface area (Å²) in [6.07, 6.45) is 1.28. The van der Waals surface area contributed by atoms with Crippen LogP contribution < -0.4 is 5.32 Å². The van der Waals surface area contributed by atoms with E-state index >= 15 is 0 Å². The maximum atomic E-state index is 12.8. The average molecular weight is 319 g/mol. The van der Waals surface area contributed by atoms with Crippen molar-refractivity contribution in [2.24, 2.45) is 5.92 Å². The first-order valence-corrected chi connectivity index (χ1v) is 8.67. The van der Waals surface area contributed by atoms with E-state index < -0.39 is 15.6 Å². The molecular weight excluding hydrogens is 296 g/mol. The predicted octanol–water partition coefficient (Wildman–Crippen LogP) is 3.25.